The average Bonchev–Trinajstić information content (AvgIpc) is 3.06. The molecule has 9 heteroatoms. The maximum absolute atomic E-state index is 13.3. The Balaban J connectivity index is 1.66. The number of Topliss-reactive ketones (excluding diaryl/α,β-unsaturated/α-hetero) is 2. The number of rotatable bonds is 1. The van der Waals surface area contributed by atoms with Crippen LogP contribution in [0.25, 0.3) is 11.1 Å². The summed E-state index contributed by atoms with van der Waals surface area (Å²) in [5, 5.41) is 30.2. The molecular formula is C20H16N2O7. The minimum Gasteiger partial charge on any atom is -0.504 e. The van der Waals surface area contributed by atoms with Gasteiger partial charge >= 0.3 is 6.08 Å². The van der Waals surface area contributed by atoms with Gasteiger partial charge in [-0.05, 0) is 31.1 Å². The molecule has 1 aromatic heterocycles. The molecule has 0 fully saturated rings. The Hall–Kier alpha value is -3.62. The fourth-order valence-electron chi connectivity index (χ4n) is 4.84. The highest BCUT2D eigenvalue weighted by atomic mass is 16.5. The van der Waals surface area contributed by atoms with Gasteiger partial charge in [-0.1, -0.05) is 12.2 Å². The molecule has 0 spiro atoms. The van der Waals surface area contributed by atoms with E-state index >= 15 is 0 Å². The van der Waals surface area contributed by atoms with Gasteiger partial charge < -0.3 is 25.5 Å². The summed E-state index contributed by atoms with van der Waals surface area (Å²) in [5.41, 5.74) is 5.54. The van der Waals surface area contributed by atoms with Gasteiger partial charge in [-0.25, -0.2) is 0 Å². The minimum absolute atomic E-state index is 0.0120. The number of fused-ring (bicyclic) bond motifs is 5. The van der Waals surface area contributed by atoms with Crippen molar-refractivity contribution in [2.24, 2.45) is 23.5 Å². The number of hydrogen-bond donors (Lipinski definition) is 4. The highest BCUT2D eigenvalue weighted by Gasteiger charge is 2.45. The molecule has 3 unspecified atom stereocenters. The molecule has 0 bridgehead atoms. The lowest BCUT2D eigenvalue weighted by atomic mass is 9.64. The zero-order chi connectivity index (χ0) is 20.6. The number of phenolic OH excluding ortho intramolecular Hbond substituents is 2. The number of ketones is 2. The number of nitrogens with zero attached hydrogens (tertiary/aromatic N) is 1. The molecule has 5 N–H and O–H groups in total. The molecule has 29 heavy (non-hydrogen) atoms. The Kier molecular flexibility index (Phi) is 3.43. The Morgan fingerprint density at radius 3 is 2.69 bits per heavy atom. The summed E-state index contributed by atoms with van der Waals surface area (Å²) in [4.78, 5) is 41.1. The van der Waals surface area contributed by atoms with Crippen molar-refractivity contribution in [3.63, 3.8) is 0 Å². The van der Waals surface area contributed by atoms with Crippen molar-refractivity contribution >= 4 is 28.6 Å². The number of primary amides is 1. The molecule has 1 heterocycles. The van der Waals surface area contributed by atoms with Crippen LogP contribution in [0, 0.1) is 17.8 Å². The van der Waals surface area contributed by atoms with E-state index in [0.717, 1.165) is 0 Å². The van der Waals surface area contributed by atoms with E-state index in [0.29, 0.717) is 18.4 Å². The van der Waals surface area contributed by atoms with Crippen molar-refractivity contribution < 1.29 is 34.1 Å². The summed E-state index contributed by atoms with van der Waals surface area (Å²) in [6, 6.07) is 0. The zero-order valence-corrected chi connectivity index (χ0v) is 15.0. The maximum Gasteiger partial charge on any atom is 0.392 e. The number of amides is 1. The number of allylic oxidation sites excluding steroid dienone is 3. The quantitative estimate of drug-likeness (QED) is 0.413. The largest absolute Gasteiger partial charge is 0.504 e. The van der Waals surface area contributed by atoms with E-state index in [1.54, 1.807) is 12.2 Å². The molecule has 3 aliphatic carbocycles. The van der Waals surface area contributed by atoms with Gasteiger partial charge in [0, 0.05) is 17.1 Å². The number of oxazole rings is 1. The van der Waals surface area contributed by atoms with Crippen molar-refractivity contribution in [3.8, 4) is 17.6 Å². The molecule has 3 aliphatic rings. The molecular weight excluding hydrogens is 380 g/mol. The SMILES string of the molecule is NC(=O)C1=CCC2CC3Cc4c(O)c(O)c5nc(O)oc5c4C(=O)C3=CC2C1=O. The van der Waals surface area contributed by atoms with Crippen LogP contribution in [0.5, 0.6) is 17.6 Å². The first-order chi connectivity index (χ1) is 13.8. The third-order valence-corrected chi connectivity index (χ3v) is 6.17. The van der Waals surface area contributed by atoms with Crippen LogP contribution >= 0.6 is 0 Å². The van der Waals surface area contributed by atoms with Gasteiger partial charge in [0.05, 0.1) is 11.1 Å². The number of aromatic hydroxyl groups is 3. The monoisotopic (exact) mass is 396 g/mol. The van der Waals surface area contributed by atoms with Crippen LogP contribution in [-0.2, 0) is 16.0 Å². The van der Waals surface area contributed by atoms with E-state index in [4.69, 9.17) is 10.2 Å². The van der Waals surface area contributed by atoms with E-state index in [1.165, 1.54) is 0 Å². The van der Waals surface area contributed by atoms with Gasteiger partial charge in [0.2, 0.25) is 0 Å². The van der Waals surface area contributed by atoms with E-state index in [1.807, 2.05) is 0 Å². The highest BCUT2D eigenvalue weighted by molar-refractivity contribution is 6.22. The van der Waals surface area contributed by atoms with Gasteiger partial charge in [0.25, 0.3) is 5.91 Å². The van der Waals surface area contributed by atoms with Crippen molar-refractivity contribution in [2.45, 2.75) is 19.3 Å². The summed E-state index contributed by atoms with van der Waals surface area (Å²) < 4.78 is 5.12. The van der Waals surface area contributed by atoms with E-state index in [9.17, 15) is 29.7 Å². The molecule has 0 radical (unpaired) electrons. The van der Waals surface area contributed by atoms with Gasteiger partial charge in [-0.3, -0.25) is 14.4 Å². The predicted molar refractivity (Wildman–Crippen MR) is 97.1 cm³/mol. The molecule has 1 aromatic carbocycles. The van der Waals surface area contributed by atoms with E-state index < -0.39 is 41.0 Å². The number of carbonyl (C=O) groups excluding carboxylic acids is 3. The lowest BCUT2D eigenvalue weighted by Crippen LogP contribution is -2.39. The maximum atomic E-state index is 13.3. The number of carbonyl (C=O) groups is 3. The van der Waals surface area contributed by atoms with Crippen molar-refractivity contribution in [1.29, 1.82) is 0 Å². The van der Waals surface area contributed by atoms with Gasteiger partial charge in [-0.15, -0.1) is 0 Å². The lowest BCUT2D eigenvalue weighted by molar-refractivity contribution is -0.124. The summed E-state index contributed by atoms with van der Waals surface area (Å²) in [5.74, 6) is -3.63. The topological polar surface area (TPSA) is 164 Å². The minimum atomic E-state index is -0.784. The Labute approximate surface area is 163 Å². The number of aromatic nitrogens is 1. The van der Waals surface area contributed by atoms with Crippen LogP contribution in [0.1, 0.15) is 28.8 Å². The summed E-state index contributed by atoms with van der Waals surface area (Å²) in [6.45, 7) is 0. The summed E-state index contributed by atoms with van der Waals surface area (Å²) in [6.07, 6.45) is 3.65. The third kappa shape index (κ3) is 2.27. The van der Waals surface area contributed by atoms with Crippen molar-refractivity contribution in [3.05, 3.63) is 34.4 Å². The van der Waals surface area contributed by atoms with Crippen LogP contribution in [-0.4, -0.2) is 37.8 Å². The van der Waals surface area contributed by atoms with Crippen molar-refractivity contribution in [1.82, 2.24) is 4.98 Å². The highest BCUT2D eigenvalue weighted by Crippen LogP contribution is 2.50. The second kappa shape index (κ2) is 5.69. The lowest BCUT2D eigenvalue weighted by Gasteiger charge is -2.38. The van der Waals surface area contributed by atoms with E-state index in [-0.39, 0.29) is 46.1 Å². The second-order valence-electron chi connectivity index (χ2n) is 7.68. The number of nitrogens with two attached hydrogens (primary N) is 1. The fraction of sp³-hybridized carbons (Fsp3) is 0.300. The molecule has 0 saturated heterocycles. The summed E-state index contributed by atoms with van der Waals surface area (Å²) in [7, 11) is 0. The molecule has 3 atom stereocenters. The number of hydrogen-bond acceptors (Lipinski definition) is 8. The summed E-state index contributed by atoms with van der Waals surface area (Å²) >= 11 is 0. The first-order valence-electron chi connectivity index (χ1n) is 9.14. The third-order valence-electron chi connectivity index (χ3n) is 6.17. The van der Waals surface area contributed by atoms with Gasteiger partial charge in [0.1, 0.15) is 0 Å². The number of phenols is 2. The molecule has 0 saturated carbocycles. The Morgan fingerprint density at radius 2 is 1.97 bits per heavy atom. The van der Waals surface area contributed by atoms with Crippen LogP contribution < -0.4 is 5.73 Å². The first-order valence-corrected chi connectivity index (χ1v) is 9.14. The standard InChI is InChI=1S/C20H16N2O7/c21-19(27)8-2-1-6-3-7-4-11-12(15(24)10(7)5-9(6)14(8)23)18-13(17(26)16(11)25)22-20(28)29-18/h2,5-7,9,25-26H,1,3-4H2,(H2,21,27)(H,22,28). The molecule has 148 valence electrons. The molecule has 5 rings (SSSR count). The van der Waals surface area contributed by atoms with Crippen LogP contribution in [0.3, 0.4) is 0 Å². The fourth-order valence-corrected chi connectivity index (χ4v) is 4.84. The van der Waals surface area contributed by atoms with Gasteiger partial charge in [0.15, 0.2) is 34.2 Å². The van der Waals surface area contributed by atoms with Gasteiger partial charge in [-0.2, -0.15) is 4.98 Å². The molecule has 0 aliphatic heterocycles. The normalized spacial score (nSPS) is 25.7. The van der Waals surface area contributed by atoms with Crippen LogP contribution in [0.4, 0.5) is 0 Å². The molecule has 1 amide bonds. The van der Waals surface area contributed by atoms with Crippen LogP contribution in [0.15, 0.2) is 27.7 Å². The Morgan fingerprint density at radius 1 is 1.21 bits per heavy atom. The number of benzene rings is 1. The smallest absolute Gasteiger partial charge is 0.392 e. The van der Waals surface area contributed by atoms with Crippen LogP contribution in [0.2, 0.25) is 0 Å². The second-order valence-corrected chi connectivity index (χ2v) is 7.68. The van der Waals surface area contributed by atoms with Crippen molar-refractivity contribution in [2.75, 3.05) is 0 Å². The predicted octanol–water partition coefficient (Wildman–Crippen LogP) is 1.25. The molecule has 2 aromatic rings. The zero-order valence-electron chi connectivity index (χ0n) is 15.0. The average molecular weight is 396 g/mol. The Bertz CT molecular complexity index is 1200. The van der Waals surface area contributed by atoms with E-state index in [2.05, 4.69) is 4.98 Å². The molecule has 9 nitrogen and oxygen atoms in total. The first kappa shape index (κ1) is 17.5.